The zero-order chi connectivity index (χ0) is 13.2. The Balaban J connectivity index is 2.19. The lowest BCUT2D eigenvalue weighted by Crippen LogP contribution is -2.43. The number of aromatic nitrogens is 2. The van der Waals surface area contributed by atoms with Crippen LogP contribution in [-0.2, 0) is 5.54 Å². The number of nitrogens with zero attached hydrogens (tertiary/aromatic N) is 2. The van der Waals surface area contributed by atoms with Crippen LogP contribution in [0, 0.1) is 0 Å². The van der Waals surface area contributed by atoms with Crippen LogP contribution in [0.3, 0.4) is 0 Å². The summed E-state index contributed by atoms with van der Waals surface area (Å²) in [5, 5.41) is 6.77. The van der Waals surface area contributed by atoms with E-state index in [2.05, 4.69) is 10.4 Å². The predicted molar refractivity (Wildman–Crippen MR) is 70.0 cm³/mol. The number of anilines is 1. The Hall–Kier alpha value is -2.30. The van der Waals surface area contributed by atoms with Gasteiger partial charge < -0.3 is 11.1 Å². The van der Waals surface area contributed by atoms with Crippen molar-refractivity contribution in [3.8, 4) is 0 Å². The Morgan fingerprint density at radius 2 is 1.94 bits per heavy atom. The molecular formula is C13H16N4O. The van der Waals surface area contributed by atoms with Crippen molar-refractivity contribution < 1.29 is 4.79 Å². The molecule has 1 heterocycles. The summed E-state index contributed by atoms with van der Waals surface area (Å²) >= 11 is 0. The number of hydrogen-bond acceptors (Lipinski definition) is 3. The number of hydrogen-bond donors (Lipinski definition) is 2. The summed E-state index contributed by atoms with van der Waals surface area (Å²) in [5.41, 5.74) is 6.17. The van der Waals surface area contributed by atoms with Gasteiger partial charge in [0, 0.05) is 6.07 Å². The third kappa shape index (κ3) is 2.34. The maximum atomic E-state index is 12.0. The number of carbonyl (C=O) groups excluding carboxylic acids is 1. The van der Waals surface area contributed by atoms with Crippen molar-refractivity contribution in [1.82, 2.24) is 15.1 Å². The molecule has 0 saturated heterocycles. The van der Waals surface area contributed by atoms with E-state index < -0.39 is 5.54 Å². The molecular weight excluding hydrogens is 228 g/mol. The van der Waals surface area contributed by atoms with E-state index in [1.54, 1.807) is 6.07 Å². The van der Waals surface area contributed by atoms with Gasteiger partial charge in [-0.15, -0.1) is 0 Å². The van der Waals surface area contributed by atoms with Crippen molar-refractivity contribution in [1.29, 1.82) is 0 Å². The topological polar surface area (TPSA) is 72.9 Å². The van der Waals surface area contributed by atoms with Gasteiger partial charge in [0.1, 0.15) is 5.82 Å². The first-order chi connectivity index (χ1) is 8.50. The molecule has 1 aromatic carbocycles. The molecule has 0 saturated carbocycles. The largest absolute Gasteiger partial charge is 0.383 e. The fourth-order valence-corrected chi connectivity index (χ4v) is 1.73. The van der Waals surface area contributed by atoms with Gasteiger partial charge in [0.25, 0.3) is 0 Å². The van der Waals surface area contributed by atoms with Crippen molar-refractivity contribution in [3.05, 3.63) is 48.2 Å². The maximum absolute atomic E-state index is 12.0. The molecule has 0 bridgehead atoms. The number of nitrogens with one attached hydrogen (secondary N) is 1. The molecule has 0 radical (unpaired) electrons. The van der Waals surface area contributed by atoms with Gasteiger partial charge in [-0.3, -0.25) is 0 Å². The van der Waals surface area contributed by atoms with E-state index in [0.29, 0.717) is 5.82 Å². The van der Waals surface area contributed by atoms with Gasteiger partial charge in [-0.05, 0) is 19.4 Å². The minimum Gasteiger partial charge on any atom is -0.383 e. The summed E-state index contributed by atoms with van der Waals surface area (Å²) in [7, 11) is 0. The molecule has 0 aliphatic heterocycles. The van der Waals surface area contributed by atoms with E-state index in [-0.39, 0.29) is 6.03 Å². The fourth-order valence-electron chi connectivity index (χ4n) is 1.73. The van der Waals surface area contributed by atoms with Crippen molar-refractivity contribution in [2.45, 2.75) is 19.4 Å². The second-order valence-corrected chi connectivity index (χ2v) is 4.59. The lowest BCUT2D eigenvalue weighted by atomic mass is 9.95. The first-order valence-electron chi connectivity index (χ1n) is 5.68. The number of amides is 1. The van der Waals surface area contributed by atoms with Crippen LogP contribution < -0.4 is 11.1 Å². The Labute approximate surface area is 106 Å². The summed E-state index contributed by atoms with van der Waals surface area (Å²) in [6, 6.07) is 11.0. The van der Waals surface area contributed by atoms with Crippen LogP contribution >= 0.6 is 0 Å². The van der Waals surface area contributed by atoms with Crippen molar-refractivity contribution >= 4 is 11.8 Å². The molecule has 2 rings (SSSR count). The highest BCUT2D eigenvalue weighted by atomic mass is 16.2. The number of rotatable bonds is 2. The first kappa shape index (κ1) is 12.2. The molecule has 0 fully saturated rings. The zero-order valence-electron chi connectivity index (χ0n) is 10.4. The van der Waals surface area contributed by atoms with Crippen molar-refractivity contribution in [2.75, 3.05) is 5.73 Å². The highest BCUT2D eigenvalue weighted by molar-refractivity contribution is 5.79. The van der Waals surface area contributed by atoms with Crippen molar-refractivity contribution in [3.63, 3.8) is 0 Å². The van der Waals surface area contributed by atoms with Gasteiger partial charge in [0.2, 0.25) is 0 Å². The molecule has 1 amide bonds. The van der Waals surface area contributed by atoms with Gasteiger partial charge in [-0.25, -0.2) is 4.79 Å². The van der Waals surface area contributed by atoms with Crippen LogP contribution in [0.2, 0.25) is 0 Å². The SMILES string of the molecule is CC(C)(NC(=O)n1nccc1N)c1ccccc1. The highest BCUT2D eigenvalue weighted by Gasteiger charge is 2.24. The fraction of sp³-hybridized carbons (Fsp3) is 0.231. The average molecular weight is 244 g/mol. The minimum atomic E-state index is -0.489. The summed E-state index contributed by atoms with van der Waals surface area (Å²) in [6.07, 6.45) is 1.49. The van der Waals surface area contributed by atoms with E-state index in [1.165, 1.54) is 6.20 Å². The summed E-state index contributed by atoms with van der Waals surface area (Å²) in [6.45, 7) is 3.86. The van der Waals surface area contributed by atoms with E-state index >= 15 is 0 Å². The number of benzene rings is 1. The van der Waals surface area contributed by atoms with Crippen molar-refractivity contribution in [2.24, 2.45) is 0 Å². The third-order valence-corrected chi connectivity index (χ3v) is 2.78. The second kappa shape index (κ2) is 4.52. The van der Waals surface area contributed by atoms with Gasteiger partial charge in [-0.2, -0.15) is 9.78 Å². The lowest BCUT2D eigenvalue weighted by molar-refractivity contribution is 0.229. The van der Waals surface area contributed by atoms with E-state index in [0.717, 1.165) is 10.2 Å². The van der Waals surface area contributed by atoms with Crippen LogP contribution in [0.5, 0.6) is 0 Å². The number of nitrogen functional groups attached to an aromatic ring is 1. The smallest absolute Gasteiger partial charge is 0.344 e. The van der Waals surface area contributed by atoms with Crippen LogP contribution in [-0.4, -0.2) is 15.8 Å². The third-order valence-electron chi connectivity index (χ3n) is 2.78. The number of carbonyl (C=O) groups is 1. The molecule has 5 heteroatoms. The Bertz CT molecular complexity index is 545. The molecule has 0 atom stereocenters. The molecule has 0 aliphatic carbocycles. The molecule has 5 nitrogen and oxygen atoms in total. The summed E-state index contributed by atoms with van der Waals surface area (Å²) in [4.78, 5) is 12.0. The summed E-state index contributed by atoms with van der Waals surface area (Å²) in [5.74, 6) is 0.316. The van der Waals surface area contributed by atoms with E-state index in [1.807, 2.05) is 44.2 Å². The molecule has 18 heavy (non-hydrogen) atoms. The predicted octanol–water partition coefficient (Wildman–Crippen LogP) is 1.96. The molecule has 94 valence electrons. The molecule has 0 spiro atoms. The minimum absolute atomic E-state index is 0.316. The monoisotopic (exact) mass is 244 g/mol. The highest BCUT2D eigenvalue weighted by Crippen LogP contribution is 2.19. The van der Waals surface area contributed by atoms with Crippen LogP contribution in [0.25, 0.3) is 0 Å². The maximum Gasteiger partial charge on any atom is 0.344 e. The normalized spacial score (nSPS) is 11.2. The first-order valence-corrected chi connectivity index (χ1v) is 5.68. The lowest BCUT2D eigenvalue weighted by Gasteiger charge is -2.26. The molecule has 3 N–H and O–H groups in total. The summed E-state index contributed by atoms with van der Waals surface area (Å²) < 4.78 is 1.14. The Morgan fingerprint density at radius 1 is 1.28 bits per heavy atom. The van der Waals surface area contributed by atoms with Gasteiger partial charge >= 0.3 is 6.03 Å². The Kier molecular flexibility index (Phi) is 3.06. The quantitative estimate of drug-likeness (QED) is 0.848. The molecule has 0 unspecified atom stereocenters. The zero-order valence-corrected chi connectivity index (χ0v) is 10.4. The molecule has 1 aromatic heterocycles. The molecule has 0 aliphatic rings. The van der Waals surface area contributed by atoms with Gasteiger partial charge in [-0.1, -0.05) is 30.3 Å². The number of nitrogens with two attached hydrogens (primary N) is 1. The van der Waals surface area contributed by atoms with E-state index in [4.69, 9.17) is 5.73 Å². The molecule has 2 aromatic rings. The van der Waals surface area contributed by atoms with Crippen LogP contribution in [0.15, 0.2) is 42.6 Å². The second-order valence-electron chi connectivity index (χ2n) is 4.59. The standard InChI is InChI=1S/C13H16N4O/c1-13(2,10-6-4-3-5-7-10)16-12(18)17-11(14)8-9-15-17/h3-9H,14H2,1-2H3,(H,16,18). The van der Waals surface area contributed by atoms with Crippen LogP contribution in [0.4, 0.5) is 10.6 Å². The average Bonchev–Trinajstić information content (AvgIpc) is 2.76. The van der Waals surface area contributed by atoms with E-state index in [9.17, 15) is 4.79 Å². The Morgan fingerprint density at radius 3 is 2.50 bits per heavy atom. The van der Waals surface area contributed by atoms with Gasteiger partial charge in [0.15, 0.2) is 0 Å². The van der Waals surface area contributed by atoms with Gasteiger partial charge in [0.05, 0.1) is 11.7 Å². The van der Waals surface area contributed by atoms with Crippen LogP contribution in [0.1, 0.15) is 19.4 Å².